The van der Waals surface area contributed by atoms with Crippen LogP contribution in [0.2, 0.25) is 0 Å². The third kappa shape index (κ3) is 2.34. The normalized spacial score (nSPS) is 10.0. The van der Waals surface area contributed by atoms with Crippen molar-refractivity contribution in [3.05, 3.63) is 35.6 Å². The first-order chi connectivity index (χ1) is 5.34. The molecule has 11 heavy (non-hydrogen) atoms. The molecule has 0 amide bonds. The lowest BCUT2D eigenvalue weighted by Crippen LogP contribution is -1.88. The lowest BCUT2D eigenvalue weighted by molar-refractivity contribution is 0.603. The van der Waals surface area contributed by atoms with Gasteiger partial charge in [-0.25, -0.2) is 4.39 Å². The highest BCUT2D eigenvalue weighted by Crippen LogP contribution is 2.09. The van der Waals surface area contributed by atoms with Crippen molar-refractivity contribution in [1.82, 2.24) is 0 Å². The minimum Gasteiger partial charge on any atom is -0.207 e. The molecule has 0 radical (unpaired) electrons. The van der Waals surface area contributed by atoms with E-state index in [1.165, 1.54) is 6.07 Å². The Morgan fingerprint density at radius 2 is 2.00 bits per heavy atom. The lowest BCUT2D eigenvalue weighted by atomic mass is 10.1. The molecule has 0 aliphatic heterocycles. The summed E-state index contributed by atoms with van der Waals surface area (Å²) in [4.78, 5) is 0. The molecule has 0 aliphatic carbocycles. The first-order valence-electron chi connectivity index (χ1n) is 4.08. The van der Waals surface area contributed by atoms with Crippen molar-refractivity contribution < 1.29 is 4.39 Å². The summed E-state index contributed by atoms with van der Waals surface area (Å²) in [6, 6.07) is 6.98. The van der Waals surface area contributed by atoms with E-state index in [1.54, 1.807) is 6.07 Å². The second-order valence-electron chi connectivity index (χ2n) is 2.69. The van der Waals surface area contributed by atoms with Gasteiger partial charge in [0.25, 0.3) is 0 Å². The van der Waals surface area contributed by atoms with Gasteiger partial charge in [-0.15, -0.1) is 0 Å². The standard InChI is InChI=1S/C10H13F/c1-2-3-6-9-7-4-5-8-10(9)11/h4-5,7-8H,2-3,6H2,1H3. The molecule has 0 aromatic heterocycles. The summed E-state index contributed by atoms with van der Waals surface area (Å²) in [6.07, 6.45) is 3.05. The number of rotatable bonds is 3. The fourth-order valence-corrected chi connectivity index (χ4v) is 1.07. The van der Waals surface area contributed by atoms with E-state index >= 15 is 0 Å². The van der Waals surface area contributed by atoms with Crippen LogP contribution in [0.3, 0.4) is 0 Å². The van der Waals surface area contributed by atoms with Crippen molar-refractivity contribution in [3.63, 3.8) is 0 Å². The predicted molar refractivity (Wildman–Crippen MR) is 45.0 cm³/mol. The molecule has 1 aromatic rings. The van der Waals surface area contributed by atoms with Crippen molar-refractivity contribution in [2.45, 2.75) is 26.2 Å². The molecule has 0 saturated heterocycles. The molecule has 60 valence electrons. The highest BCUT2D eigenvalue weighted by Gasteiger charge is 1.97. The van der Waals surface area contributed by atoms with Gasteiger partial charge in [0, 0.05) is 0 Å². The van der Waals surface area contributed by atoms with E-state index in [4.69, 9.17) is 0 Å². The summed E-state index contributed by atoms with van der Waals surface area (Å²) in [7, 11) is 0. The number of unbranched alkanes of at least 4 members (excludes halogenated alkanes) is 1. The molecule has 0 bridgehead atoms. The Bertz CT molecular complexity index is 218. The van der Waals surface area contributed by atoms with Gasteiger partial charge in [0.05, 0.1) is 0 Å². The zero-order chi connectivity index (χ0) is 8.10. The van der Waals surface area contributed by atoms with Crippen LogP contribution in [0.5, 0.6) is 0 Å². The van der Waals surface area contributed by atoms with Gasteiger partial charge in [-0.3, -0.25) is 0 Å². The summed E-state index contributed by atoms with van der Waals surface area (Å²) in [5, 5.41) is 0. The van der Waals surface area contributed by atoms with Gasteiger partial charge in [0.2, 0.25) is 0 Å². The first-order valence-corrected chi connectivity index (χ1v) is 4.08. The molecule has 0 fully saturated rings. The maximum Gasteiger partial charge on any atom is 0.126 e. The fraction of sp³-hybridized carbons (Fsp3) is 0.400. The second kappa shape index (κ2) is 4.12. The maximum atomic E-state index is 12.9. The minimum absolute atomic E-state index is 0.0686. The molecule has 0 atom stereocenters. The topological polar surface area (TPSA) is 0 Å². The number of hydrogen-bond donors (Lipinski definition) is 0. The molecule has 1 heteroatoms. The molecule has 1 aromatic carbocycles. The Kier molecular flexibility index (Phi) is 3.09. The van der Waals surface area contributed by atoms with E-state index in [-0.39, 0.29) is 5.82 Å². The Hall–Kier alpha value is -0.850. The van der Waals surface area contributed by atoms with Crippen LogP contribution in [0.15, 0.2) is 24.3 Å². The van der Waals surface area contributed by atoms with Crippen molar-refractivity contribution in [3.8, 4) is 0 Å². The summed E-state index contributed by atoms with van der Waals surface area (Å²) < 4.78 is 12.9. The van der Waals surface area contributed by atoms with Gasteiger partial charge in [-0.1, -0.05) is 31.5 Å². The van der Waals surface area contributed by atoms with Crippen LogP contribution in [0.4, 0.5) is 4.39 Å². The van der Waals surface area contributed by atoms with E-state index in [9.17, 15) is 4.39 Å². The van der Waals surface area contributed by atoms with Crippen molar-refractivity contribution >= 4 is 0 Å². The lowest BCUT2D eigenvalue weighted by Gasteiger charge is -1.99. The molecular weight excluding hydrogens is 139 g/mol. The molecule has 1 rings (SSSR count). The van der Waals surface area contributed by atoms with E-state index in [0.29, 0.717) is 0 Å². The van der Waals surface area contributed by atoms with Gasteiger partial charge >= 0.3 is 0 Å². The van der Waals surface area contributed by atoms with Gasteiger partial charge in [0.1, 0.15) is 5.82 Å². The minimum atomic E-state index is -0.0686. The van der Waals surface area contributed by atoms with E-state index < -0.39 is 0 Å². The zero-order valence-corrected chi connectivity index (χ0v) is 6.81. The number of aryl methyl sites for hydroxylation is 1. The highest BCUT2D eigenvalue weighted by molar-refractivity contribution is 5.17. The smallest absolute Gasteiger partial charge is 0.126 e. The van der Waals surface area contributed by atoms with Crippen LogP contribution in [-0.4, -0.2) is 0 Å². The van der Waals surface area contributed by atoms with Crippen molar-refractivity contribution in [1.29, 1.82) is 0 Å². The SMILES string of the molecule is CCCCc1ccccc1F. The second-order valence-corrected chi connectivity index (χ2v) is 2.69. The summed E-state index contributed by atoms with van der Waals surface area (Å²) in [6.45, 7) is 2.11. The summed E-state index contributed by atoms with van der Waals surface area (Å²) in [5.74, 6) is -0.0686. The number of halogens is 1. The number of hydrogen-bond acceptors (Lipinski definition) is 0. The van der Waals surface area contributed by atoms with Crippen LogP contribution in [0, 0.1) is 5.82 Å². The van der Waals surface area contributed by atoms with E-state index in [1.807, 2.05) is 12.1 Å². The van der Waals surface area contributed by atoms with Crippen molar-refractivity contribution in [2.24, 2.45) is 0 Å². The maximum absolute atomic E-state index is 12.9. The quantitative estimate of drug-likeness (QED) is 0.624. The van der Waals surface area contributed by atoms with Gasteiger partial charge < -0.3 is 0 Å². The molecule has 0 aliphatic rings. The van der Waals surface area contributed by atoms with Gasteiger partial charge in [-0.2, -0.15) is 0 Å². The Balaban J connectivity index is 2.62. The third-order valence-corrected chi connectivity index (χ3v) is 1.76. The average molecular weight is 152 g/mol. The van der Waals surface area contributed by atoms with Crippen molar-refractivity contribution in [2.75, 3.05) is 0 Å². The molecular formula is C10H13F. The van der Waals surface area contributed by atoms with Gasteiger partial charge in [0.15, 0.2) is 0 Å². The average Bonchev–Trinajstić information content (AvgIpc) is 2.03. The van der Waals surface area contributed by atoms with Crippen LogP contribution < -0.4 is 0 Å². The summed E-state index contributed by atoms with van der Waals surface area (Å²) >= 11 is 0. The first kappa shape index (κ1) is 8.25. The number of benzene rings is 1. The third-order valence-electron chi connectivity index (χ3n) is 1.76. The van der Waals surface area contributed by atoms with Crippen LogP contribution in [0.25, 0.3) is 0 Å². The monoisotopic (exact) mass is 152 g/mol. The Morgan fingerprint density at radius 1 is 1.27 bits per heavy atom. The molecule has 0 nitrogen and oxygen atoms in total. The molecule has 0 saturated carbocycles. The highest BCUT2D eigenvalue weighted by atomic mass is 19.1. The van der Waals surface area contributed by atoms with Crippen LogP contribution in [-0.2, 0) is 6.42 Å². The largest absolute Gasteiger partial charge is 0.207 e. The summed E-state index contributed by atoms with van der Waals surface area (Å²) in [5.41, 5.74) is 0.842. The Morgan fingerprint density at radius 3 is 2.64 bits per heavy atom. The van der Waals surface area contributed by atoms with E-state index in [0.717, 1.165) is 24.8 Å². The Labute approximate surface area is 67.1 Å². The molecule has 0 spiro atoms. The van der Waals surface area contributed by atoms with E-state index in [2.05, 4.69) is 6.92 Å². The fourth-order valence-electron chi connectivity index (χ4n) is 1.07. The molecule has 0 N–H and O–H groups in total. The molecule has 0 heterocycles. The zero-order valence-electron chi connectivity index (χ0n) is 6.81. The van der Waals surface area contributed by atoms with Crippen LogP contribution >= 0.6 is 0 Å². The van der Waals surface area contributed by atoms with Gasteiger partial charge in [-0.05, 0) is 24.5 Å². The molecule has 0 unspecified atom stereocenters. The predicted octanol–water partition coefficient (Wildman–Crippen LogP) is 3.17. The van der Waals surface area contributed by atoms with Crippen LogP contribution in [0.1, 0.15) is 25.3 Å².